The Labute approximate surface area is 161 Å². The average Bonchev–Trinajstić information content (AvgIpc) is 2.98. The molecule has 1 aromatic heterocycles. The summed E-state index contributed by atoms with van der Waals surface area (Å²) >= 11 is 0. The van der Waals surface area contributed by atoms with Gasteiger partial charge in [-0.25, -0.2) is 13.6 Å². The van der Waals surface area contributed by atoms with Gasteiger partial charge in [-0.3, -0.25) is 19.7 Å². The molecule has 2 aliphatic rings. The molecule has 0 aliphatic carbocycles. The Morgan fingerprint density at radius 3 is 2.36 bits per heavy atom. The van der Waals surface area contributed by atoms with Gasteiger partial charge >= 0.3 is 11.8 Å². The van der Waals surface area contributed by atoms with E-state index in [0.717, 1.165) is 19.0 Å². The van der Waals surface area contributed by atoms with E-state index in [0.29, 0.717) is 26.2 Å². The van der Waals surface area contributed by atoms with E-state index >= 15 is 0 Å². The molecule has 0 unspecified atom stereocenters. The number of nitro groups is 1. The first kappa shape index (κ1) is 20.4. The minimum Gasteiger partial charge on any atom is -0.444 e. The second kappa shape index (κ2) is 7.61. The molecule has 0 saturated carbocycles. The number of nitrogens with zero attached hydrogens (tertiary/aromatic N) is 5. The lowest BCUT2D eigenvalue weighted by Gasteiger charge is -2.46. The second-order valence-corrected chi connectivity index (χ2v) is 8.24. The van der Waals surface area contributed by atoms with Crippen molar-refractivity contribution in [2.75, 3.05) is 26.2 Å². The van der Waals surface area contributed by atoms with Crippen LogP contribution in [0.25, 0.3) is 0 Å². The van der Waals surface area contributed by atoms with Crippen molar-refractivity contribution in [1.29, 1.82) is 0 Å². The van der Waals surface area contributed by atoms with Crippen molar-refractivity contribution in [2.24, 2.45) is 0 Å². The van der Waals surface area contributed by atoms with E-state index in [4.69, 9.17) is 4.74 Å². The van der Waals surface area contributed by atoms with Crippen LogP contribution < -0.4 is 0 Å². The molecule has 0 bridgehead atoms. The first-order valence-corrected chi connectivity index (χ1v) is 9.28. The molecule has 0 atom stereocenters. The molecular formula is C17H25F2N5O4. The minimum absolute atomic E-state index is 0.157. The Morgan fingerprint density at radius 1 is 1.29 bits per heavy atom. The van der Waals surface area contributed by atoms with Gasteiger partial charge in [0.25, 0.3) is 6.43 Å². The molecule has 9 nitrogen and oxygen atoms in total. The fraction of sp³-hybridized carbons (Fsp3) is 0.765. The number of likely N-dealkylation sites (tertiary alicyclic amines) is 2. The molecule has 0 radical (unpaired) electrons. The molecule has 0 N–H and O–H groups in total. The molecule has 1 amide bonds. The molecule has 0 aromatic carbocycles. The van der Waals surface area contributed by atoms with Crippen LogP contribution in [0.15, 0.2) is 6.20 Å². The van der Waals surface area contributed by atoms with Crippen molar-refractivity contribution in [3.63, 3.8) is 0 Å². The molecule has 11 heteroatoms. The highest BCUT2D eigenvalue weighted by Crippen LogP contribution is 2.32. The highest BCUT2D eigenvalue weighted by atomic mass is 19.3. The molecule has 2 saturated heterocycles. The molecule has 3 heterocycles. The van der Waals surface area contributed by atoms with Crippen LogP contribution >= 0.6 is 0 Å². The van der Waals surface area contributed by atoms with Crippen LogP contribution in [0.5, 0.6) is 0 Å². The molecule has 2 aliphatic heterocycles. The van der Waals surface area contributed by atoms with Gasteiger partial charge in [0.1, 0.15) is 11.8 Å². The molecule has 0 spiro atoms. The molecule has 2 fully saturated rings. The minimum atomic E-state index is -2.98. The standard InChI is InChI=1S/C17H25F2N5O4/c1-17(2,3)28-16(25)21-6-4-11(5-7-21)22-8-12(9-22)23-10-13(24(26)27)14(20-23)15(18)19/h10-12,15H,4-9H2,1-3H3. The van der Waals surface area contributed by atoms with E-state index in [1.165, 1.54) is 4.68 Å². The number of ether oxygens (including phenoxy) is 1. The number of carbonyl (C=O) groups excluding carboxylic acids is 1. The number of amides is 1. The number of rotatable bonds is 4. The van der Waals surface area contributed by atoms with Crippen molar-refractivity contribution in [2.45, 2.75) is 57.7 Å². The Bertz CT molecular complexity index is 734. The van der Waals surface area contributed by atoms with Crippen molar-refractivity contribution in [3.05, 3.63) is 22.0 Å². The van der Waals surface area contributed by atoms with Crippen LogP contribution in [-0.2, 0) is 4.74 Å². The van der Waals surface area contributed by atoms with Gasteiger partial charge in [-0.15, -0.1) is 0 Å². The Balaban J connectivity index is 1.51. The van der Waals surface area contributed by atoms with Crippen LogP contribution in [0.3, 0.4) is 0 Å². The van der Waals surface area contributed by atoms with Gasteiger partial charge in [0.2, 0.25) is 5.69 Å². The summed E-state index contributed by atoms with van der Waals surface area (Å²) in [7, 11) is 0. The van der Waals surface area contributed by atoms with Crippen molar-refractivity contribution >= 4 is 11.8 Å². The maximum absolute atomic E-state index is 12.9. The molecule has 156 valence electrons. The fourth-order valence-corrected chi connectivity index (χ4v) is 3.57. The summed E-state index contributed by atoms with van der Waals surface area (Å²) in [5, 5.41) is 14.6. The Hall–Kier alpha value is -2.30. The summed E-state index contributed by atoms with van der Waals surface area (Å²) < 4.78 is 32.5. The van der Waals surface area contributed by atoms with E-state index in [9.17, 15) is 23.7 Å². The first-order chi connectivity index (χ1) is 13.0. The van der Waals surface area contributed by atoms with Crippen molar-refractivity contribution < 1.29 is 23.2 Å². The monoisotopic (exact) mass is 401 g/mol. The zero-order valence-corrected chi connectivity index (χ0v) is 16.2. The number of aromatic nitrogens is 2. The van der Waals surface area contributed by atoms with Crippen LogP contribution in [0.4, 0.5) is 19.3 Å². The number of piperidine rings is 1. The number of carbonyl (C=O) groups is 1. The van der Waals surface area contributed by atoms with Crippen molar-refractivity contribution in [1.82, 2.24) is 19.6 Å². The maximum atomic E-state index is 12.9. The van der Waals surface area contributed by atoms with Crippen LogP contribution in [0, 0.1) is 10.1 Å². The van der Waals surface area contributed by atoms with E-state index in [-0.39, 0.29) is 18.2 Å². The lowest BCUT2D eigenvalue weighted by molar-refractivity contribution is -0.386. The number of hydrogen-bond acceptors (Lipinski definition) is 6. The molecule has 28 heavy (non-hydrogen) atoms. The summed E-state index contributed by atoms with van der Waals surface area (Å²) in [6.45, 7) is 7.88. The van der Waals surface area contributed by atoms with Gasteiger partial charge in [-0.05, 0) is 33.6 Å². The molecule has 1 aromatic rings. The van der Waals surface area contributed by atoms with E-state index < -0.39 is 28.3 Å². The van der Waals surface area contributed by atoms with Crippen LogP contribution in [0.2, 0.25) is 0 Å². The zero-order valence-electron chi connectivity index (χ0n) is 16.2. The zero-order chi connectivity index (χ0) is 20.6. The van der Waals surface area contributed by atoms with E-state index in [2.05, 4.69) is 10.00 Å². The van der Waals surface area contributed by atoms with Gasteiger partial charge in [0.05, 0.1) is 11.0 Å². The van der Waals surface area contributed by atoms with Gasteiger partial charge in [-0.2, -0.15) is 5.10 Å². The van der Waals surface area contributed by atoms with E-state index in [1.54, 1.807) is 4.90 Å². The largest absolute Gasteiger partial charge is 0.444 e. The topological polar surface area (TPSA) is 93.7 Å². The average molecular weight is 401 g/mol. The summed E-state index contributed by atoms with van der Waals surface area (Å²) in [6, 6.07) is 0.130. The quantitative estimate of drug-likeness (QED) is 0.569. The predicted molar refractivity (Wildman–Crippen MR) is 95.3 cm³/mol. The SMILES string of the molecule is CC(C)(C)OC(=O)N1CCC(N2CC(n3cc([N+](=O)[O-])c(C(F)F)n3)C2)CC1. The number of hydrogen-bond donors (Lipinski definition) is 0. The highest BCUT2D eigenvalue weighted by molar-refractivity contribution is 5.68. The molecule has 3 rings (SSSR count). The summed E-state index contributed by atoms with van der Waals surface area (Å²) in [5.41, 5.74) is -1.95. The Kier molecular flexibility index (Phi) is 5.55. The Morgan fingerprint density at radius 2 is 1.89 bits per heavy atom. The number of alkyl halides is 2. The highest BCUT2D eigenvalue weighted by Gasteiger charge is 2.38. The van der Waals surface area contributed by atoms with Gasteiger partial charge in [-0.1, -0.05) is 0 Å². The van der Waals surface area contributed by atoms with Gasteiger partial charge in [0, 0.05) is 32.2 Å². The van der Waals surface area contributed by atoms with E-state index in [1.807, 2.05) is 20.8 Å². The van der Waals surface area contributed by atoms with Crippen LogP contribution in [-0.4, -0.2) is 68.4 Å². The number of halogens is 2. The lowest BCUT2D eigenvalue weighted by atomic mass is 9.98. The summed E-state index contributed by atoms with van der Waals surface area (Å²) in [5.74, 6) is 0. The summed E-state index contributed by atoms with van der Waals surface area (Å²) in [6.07, 6.45) is -0.596. The smallest absolute Gasteiger partial charge is 0.410 e. The van der Waals surface area contributed by atoms with Crippen LogP contribution in [0.1, 0.15) is 51.8 Å². The first-order valence-electron chi connectivity index (χ1n) is 9.28. The third kappa shape index (κ3) is 4.40. The maximum Gasteiger partial charge on any atom is 0.410 e. The van der Waals surface area contributed by atoms with Gasteiger partial charge < -0.3 is 9.64 Å². The fourth-order valence-electron chi connectivity index (χ4n) is 3.57. The lowest BCUT2D eigenvalue weighted by Crippen LogP contribution is -2.56. The molecular weight excluding hydrogens is 376 g/mol. The predicted octanol–water partition coefficient (Wildman–Crippen LogP) is 2.99. The normalized spacial score (nSPS) is 19.7. The third-order valence-corrected chi connectivity index (χ3v) is 5.04. The van der Waals surface area contributed by atoms with Gasteiger partial charge in [0.15, 0.2) is 0 Å². The third-order valence-electron chi connectivity index (χ3n) is 5.04. The van der Waals surface area contributed by atoms with Crippen molar-refractivity contribution in [3.8, 4) is 0 Å². The second-order valence-electron chi connectivity index (χ2n) is 8.24. The summed E-state index contributed by atoms with van der Waals surface area (Å²) in [4.78, 5) is 26.1.